The zero-order chi connectivity index (χ0) is 10.2. The predicted molar refractivity (Wildman–Crippen MR) is 44.3 cm³/mol. The lowest BCUT2D eigenvalue weighted by Crippen LogP contribution is -2.37. The summed E-state index contributed by atoms with van der Waals surface area (Å²) >= 11 is 0. The van der Waals surface area contributed by atoms with Crippen LogP contribution >= 0.6 is 0 Å². The second-order valence-electron chi connectivity index (χ2n) is 3.96. The van der Waals surface area contributed by atoms with Crippen LogP contribution in [0.15, 0.2) is 0 Å². The van der Waals surface area contributed by atoms with Gasteiger partial charge in [-0.3, -0.25) is 0 Å². The van der Waals surface area contributed by atoms with Gasteiger partial charge < -0.3 is 15.1 Å². The summed E-state index contributed by atoms with van der Waals surface area (Å²) in [5, 5.41) is 18.1. The number of alkyl halides is 1. The van der Waals surface area contributed by atoms with Crippen molar-refractivity contribution in [2.75, 3.05) is 13.1 Å². The first-order valence-corrected chi connectivity index (χ1v) is 4.16. The molecule has 1 aliphatic heterocycles. The molecule has 4 nitrogen and oxygen atoms in total. The predicted octanol–water partition coefficient (Wildman–Crippen LogP) is 0.705. The molecule has 2 atom stereocenters. The fourth-order valence-corrected chi connectivity index (χ4v) is 1.59. The number of aliphatic hydroxyl groups is 1. The molecule has 1 rings (SSSR count). The summed E-state index contributed by atoms with van der Waals surface area (Å²) in [4.78, 5) is 11.5. The molecular weight excluding hydrogens is 177 g/mol. The minimum absolute atomic E-state index is 0.0694. The molecule has 76 valence electrons. The van der Waals surface area contributed by atoms with Crippen molar-refractivity contribution in [1.29, 1.82) is 0 Å². The number of halogens is 1. The molecule has 0 spiro atoms. The van der Waals surface area contributed by atoms with Crippen LogP contribution in [0.25, 0.3) is 0 Å². The van der Waals surface area contributed by atoms with Crippen LogP contribution in [0.3, 0.4) is 0 Å². The summed E-state index contributed by atoms with van der Waals surface area (Å²) in [6.07, 6.45) is -2.40. The molecule has 0 aromatic carbocycles. The quantitative estimate of drug-likeness (QED) is 0.641. The lowest BCUT2D eigenvalue weighted by atomic mass is 9.89. The number of hydrogen-bond donors (Lipinski definition) is 2. The summed E-state index contributed by atoms with van der Waals surface area (Å²) in [5.41, 5.74) is -1.16. The highest BCUT2D eigenvalue weighted by Gasteiger charge is 2.43. The van der Waals surface area contributed by atoms with Crippen molar-refractivity contribution in [2.45, 2.75) is 25.6 Å². The van der Waals surface area contributed by atoms with Crippen molar-refractivity contribution in [1.82, 2.24) is 4.90 Å². The van der Waals surface area contributed by atoms with Crippen molar-refractivity contribution >= 4 is 6.09 Å². The molecule has 1 fully saturated rings. The van der Waals surface area contributed by atoms with Gasteiger partial charge in [0.1, 0.15) is 6.17 Å². The molecule has 1 amide bonds. The molecule has 0 aromatic heterocycles. The minimum atomic E-state index is -1.27. The highest BCUT2D eigenvalue weighted by Crippen LogP contribution is 2.29. The van der Waals surface area contributed by atoms with E-state index in [0.29, 0.717) is 0 Å². The molecule has 0 saturated carbocycles. The van der Waals surface area contributed by atoms with Gasteiger partial charge in [-0.15, -0.1) is 0 Å². The topological polar surface area (TPSA) is 60.8 Å². The van der Waals surface area contributed by atoms with Crippen molar-refractivity contribution < 1.29 is 19.4 Å². The Morgan fingerprint density at radius 1 is 1.54 bits per heavy atom. The van der Waals surface area contributed by atoms with E-state index in [2.05, 4.69) is 0 Å². The number of carboxylic acid groups (broad SMARTS) is 1. The molecule has 0 bridgehead atoms. The summed E-state index contributed by atoms with van der Waals surface area (Å²) in [5.74, 6) is -0.622. The van der Waals surface area contributed by atoms with Crippen LogP contribution in [-0.4, -0.2) is 46.1 Å². The van der Waals surface area contributed by atoms with Crippen molar-refractivity contribution in [3.8, 4) is 0 Å². The second-order valence-corrected chi connectivity index (χ2v) is 3.96. The van der Waals surface area contributed by atoms with Crippen LogP contribution in [-0.2, 0) is 0 Å². The first-order valence-electron chi connectivity index (χ1n) is 4.16. The zero-order valence-electron chi connectivity index (χ0n) is 7.70. The normalized spacial score (nSPS) is 29.4. The first kappa shape index (κ1) is 10.2. The molecule has 0 aromatic rings. The zero-order valence-corrected chi connectivity index (χ0v) is 7.70. The number of likely N-dealkylation sites (tertiary alicyclic amines) is 1. The maximum absolute atomic E-state index is 13.2. The van der Waals surface area contributed by atoms with Gasteiger partial charge >= 0.3 is 6.09 Å². The minimum Gasteiger partial charge on any atom is -0.465 e. The summed E-state index contributed by atoms with van der Waals surface area (Å²) in [6, 6.07) is 0. The Morgan fingerprint density at radius 3 is 2.31 bits per heavy atom. The molecule has 1 aliphatic rings. The third kappa shape index (κ3) is 2.09. The number of hydrogen-bond acceptors (Lipinski definition) is 2. The third-order valence-electron chi connectivity index (χ3n) is 2.43. The van der Waals surface area contributed by atoms with Gasteiger partial charge in [0.25, 0.3) is 0 Å². The van der Waals surface area contributed by atoms with Gasteiger partial charge in [-0.1, -0.05) is 0 Å². The average Bonchev–Trinajstić information content (AvgIpc) is 2.29. The maximum atomic E-state index is 13.2. The van der Waals surface area contributed by atoms with Crippen LogP contribution in [0.1, 0.15) is 13.8 Å². The van der Waals surface area contributed by atoms with Gasteiger partial charge in [-0.05, 0) is 13.8 Å². The first-order chi connectivity index (χ1) is 5.82. The van der Waals surface area contributed by atoms with Gasteiger partial charge in [0.05, 0.1) is 12.1 Å². The molecular formula is C8H14FNO3. The van der Waals surface area contributed by atoms with E-state index in [1.807, 2.05) is 0 Å². The van der Waals surface area contributed by atoms with Gasteiger partial charge in [0.2, 0.25) is 0 Å². The second kappa shape index (κ2) is 3.14. The molecule has 13 heavy (non-hydrogen) atoms. The van der Waals surface area contributed by atoms with Crippen LogP contribution in [0, 0.1) is 5.92 Å². The average molecular weight is 191 g/mol. The number of rotatable bonds is 1. The fraction of sp³-hybridized carbons (Fsp3) is 0.875. The molecule has 5 heteroatoms. The summed E-state index contributed by atoms with van der Waals surface area (Å²) in [7, 11) is 0. The van der Waals surface area contributed by atoms with E-state index in [1.54, 1.807) is 0 Å². The molecule has 2 unspecified atom stereocenters. The third-order valence-corrected chi connectivity index (χ3v) is 2.43. The Morgan fingerprint density at radius 2 is 2.08 bits per heavy atom. The number of carbonyl (C=O) groups is 1. The van der Waals surface area contributed by atoms with E-state index >= 15 is 0 Å². The Balaban J connectivity index is 2.67. The molecule has 0 radical (unpaired) electrons. The number of amides is 1. The summed E-state index contributed by atoms with van der Waals surface area (Å²) in [6.45, 7) is 2.93. The smallest absolute Gasteiger partial charge is 0.407 e. The SMILES string of the molecule is CC(C)(O)C1CN(C(=O)O)CC1F. The van der Waals surface area contributed by atoms with Gasteiger partial charge in [0, 0.05) is 12.5 Å². The van der Waals surface area contributed by atoms with E-state index in [-0.39, 0.29) is 13.1 Å². The maximum Gasteiger partial charge on any atom is 0.407 e. The Hall–Kier alpha value is -0.840. The van der Waals surface area contributed by atoms with Gasteiger partial charge in [-0.2, -0.15) is 0 Å². The van der Waals surface area contributed by atoms with Crippen LogP contribution in [0.4, 0.5) is 9.18 Å². The standard InChI is InChI=1S/C8H14FNO3/c1-8(2,13)5-3-10(7(11)12)4-6(5)9/h5-6,13H,3-4H2,1-2H3,(H,11,12). The summed E-state index contributed by atoms with van der Waals surface area (Å²) < 4.78 is 13.2. The van der Waals surface area contributed by atoms with Crippen LogP contribution in [0.5, 0.6) is 0 Å². The largest absolute Gasteiger partial charge is 0.465 e. The Labute approximate surface area is 76.0 Å². The molecule has 0 aliphatic carbocycles. The van der Waals surface area contributed by atoms with Gasteiger partial charge in [0.15, 0.2) is 0 Å². The van der Waals surface area contributed by atoms with Crippen LogP contribution < -0.4 is 0 Å². The van der Waals surface area contributed by atoms with Crippen molar-refractivity contribution in [3.63, 3.8) is 0 Å². The Kier molecular flexibility index (Phi) is 2.47. The van der Waals surface area contributed by atoms with E-state index in [4.69, 9.17) is 5.11 Å². The highest BCUT2D eigenvalue weighted by atomic mass is 19.1. The Bertz CT molecular complexity index is 214. The lowest BCUT2D eigenvalue weighted by Gasteiger charge is -2.26. The monoisotopic (exact) mass is 191 g/mol. The molecule has 1 heterocycles. The van der Waals surface area contributed by atoms with E-state index in [0.717, 1.165) is 4.90 Å². The molecule has 2 N–H and O–H groups in total. The fourth-order valence-electron chi connectivity index (χ4n) is 1.59. The van der Waals surface area contributed by atoms with E-state index in [1.165, 1.54) is 13.8 Å². The van der Waals surface area contributed by atoms with Gasteiger partial charge in [-0.25, -0.2) is 9.18 Å². The van der Waals surface area contributed by atoms with Crippen molar-refractivity contribution in [2.24, 2.45) is 5.92 Å². The van der Waals surface area contributed by atoms with Crippen molar-refractivity contribution in [3.05, 3.63) is 0 Å². The lowest BCUT2D eigenvalue weighted by molar-refractivity contribution is -0.00199. The van der Waals surface area contributed by atoms with Crippen LogP contribution in [0.2, 0.25) is 0 Å². The van der Waals surface area contributed by atoms with E-state index in [9.17, 15) is 14.3 Å². The molecule has 1 saturated heterocycles. The highest BCUT2D eigenvalue weighted by molar-refractivity contribution is 5.65. The van der Waals surface area contributed by atoms with E-state index < -0.39 is 23.8 Å². The number of nitrogens with zero attached hydrogens (tertiary/aromatic N) is 1.